The Morgan fingerprint density at radius 2 is 2.00 bits per heavy atom. The monoisotopic (exact) mass is 276 g/mol. The number of rotatable bonds is 3. The van der Waals surface area contributed by atoms with Crippen molar-refractivity contribution < 1.29 is 9.53 Å². The highest BCUT2D eigenvalue weighted by Gasteiger charge is 2.36. The number of carbonyl (C=O) groups is 1. The molecule has 1 aliphatic rings. The Morgan fingerprint density at radius 1 is 1.35 bits per heavy atom. The molecule has 0 aromatic heterocycles. The molecular weight excluding hydrogens is 252 g/mol. The van der Waals surface area contributed by atoms with Gasteiger partial charge >= 0.3 is 0 Å². The quantitative estimate of drug-likeness (QED) is 0.842. The molecule has 2 rings (SSSR count). The Kier molecular flexibility index (Phi) is 4.45. The van der Waals surface area contributed by atoms with E-state index in [0.717, 1.165) is 5.56 Å². The number of amides is 1. The van der Waals surface area contributed by atoms with Gasteiger partial charge in [-0.15, -0.1) is 0 Å². The first-order valence-electron chi connectivity index (χ1n) is 7.09. The highest BCUT2D eigenvalue weighted by molar-refractivity contribution is 5.81. The number of hydrogen-bond donors (Lipinski definition) is 0. The molecule has 1 amide bonds. The summed E-state index contributed by atoms with van der Waals surface area (Å²) >= 11 is 0. The third-order valence-corrected chi connectivity index (χ3v) is 4.10. The summed E-state index contributed by atoms with van der Waals surface area (Å²) in [6.07, 6.45) is 0. The fraction of sp³-hybridized carbons (Fsp3) is 0.562. The summed E-state index contributed by atoms with van der Waals surface area (Å²) in [5.41, 5.74) is 0.705. The Labute approximate surface area is 121 Å². The van der Waals surface area contributed by atoms with Crippen molar-refractivity contribution >= 4 is 5.91 Å². The van der Waals surface area contributed by atoms with Crippen LogP contribution in [0.1, 0.15) is 19.4 Å². The molecule has 0 aliphatic carbocycles. The van der Waals surface area contributed by atoms with E-state index in [4.69, 9.17) is 4.74 Å². The summed E-state index contributed by atoms with van der Waals surface area (Å²) in [7, 11) is 3.86. The average molecular weight is 276 g/mol. The number of benzene rings is 1. The molecule has 1 saturated heterocycles. The van der Waals surface area contributed by atoms with Crippen molar-refractivity contribution in [2.24, 2.45) is 0 Å². The minimum Gasteiger partial charge on any atom is -0.367 e. The fourth-order valence-corrected chi connectivity index (χ4v) is 2.51. The lowest BCUT2D eigenvalue weighted by Gasteiger charge is -2.42. The third kappa shape index (κ3) is 3.02. The Hall–Kier alpha value is -1.39. The van der Waals surface area contributed by atoms with Crippen LogP contribution >= 0.6 is 0 Å². The molecule has 1 aliphatic heterocycles. The predicted molar refractivity (Wildman–Crippen MR) is 79.5 cm³/mol. The molecule has 1 unspecified atom stereocenters. The third-order valence-electron chi connectivity index (χ3n) is 4.10. The van der Waals surface area contributed by atoms with Gasteiger partial charge in [-0.1, -0.05) is 30.3 Å². The van der Waals surface area contributed by atoms with Crippen LogP contribution in [0.4, 0.5) is 0 Å². The molecule has 0 spiro atoms. The van der Waals surface area contributed by atoms with Crippen molar-refractivity contribution in [3.05, 3.63) is 35.9 Å². The maximum Gasteiger partial charge on any atom is 0.239 e. The fourth-order valence-electron chi connectivity index (χ4n) is 2.51. The zero-order valence-electron chi connectivity index (χ0n) is 12.8. The first-order chi connectivity index (χ1) is 9.44. The topological polar surface area (TPSA) is 32.8 Å². The van der Waals surface area contributed by atoms with Crippen molar-refractivity contribution in [2.45, 2.75) is 25.5 Å². The van der Waals surface area contributed by atoms with E-state index in [1.165, 1.54) is 0 Å². The standard InChI is InChI=1S/C16H24N2O2/c1-13(17(3)4)15(19)18-10-11-20-16(2,12-18)14-8-6-5-7-9-14/h5-9,13H,10-12H2,1-4H3/t13-,16?/m0/s1. The smallest absolute Gasteiger partial charge is 0.239 e. The van der Waals surface area contributed by atoms with Crippen LogP contribution in [-0.2, 0) is 15.1 Å². The minimum absolute atomic E-state index is 0.104. The Bertz CT molecular complexity index is 461. The molecule has 2 atom stereocenters. The molecule has 1 aromatic carbocycles. The summed E-state index contributed by atoms with van der Waals surface area (Å²) in [5, 5.41) is 0. The molecule has 4 heteroatoms. The van der Waals surface area contributed by atoms with Crippen LogP contribution < -0.4 is 0 Å². The van der Waals surface area contributed by atoms with Crippen molar-refractivity contribution in [2.75, 3.05) is 33.8 Å². The van der Waals surface area contributed by atoms with Crippen LogP contribution in [0.2, 0.25) is 0 Å². The normalized spacial score (nSPS) is 24.8. The highest BCUT2D eigenvalue weighted by Crippen LogP contribution is 2.29. The first-order valence-corrected chi connectivity index (χ1v) is 7.09. The minimum atomic E-state index is -0.415. The molecule has 0 N–H and O–H groups in total. The lowest BCUT2D eigenvalue weighted by molar-refractivity contribution is -0.153. The van der Waals surface area contributed by atoms with Crippen molar-refractivity contribution in [1.82, 2.24) is 9.80 Å². The van der Waals surface area contributed by atoms with Gasteiger partial charge in [0, 0.05) is 6.54 Å². The molecule has 20 heavy (non-hydrogen) atoms. The SMILES string of the molecule is C[C@@H](C(=O)N1CCOC(C)(c2ccccc2)C1)N(C)C. The van der Waals surface area contributed by atoms with Crippen molar-refractivity contribution in [3.8, 4) is 0 Å². The average Bonchev–Trinajstić information content (AvgIpc) is 2.46. The second-order valence-electron chi connectivity index (χ2n) is 5.84. The lowest BCUT2D eigenvalue weighted by Crippen LogP contribution is -2.54. The van der Waals surface area contributed by atoms with Crippen LogP contribution in [0, 0.1) is 0 Å². The van der Waals surface area contributed by atoms with Crippen LogP contribution in [0.25, 0.3) is 0 Å². The van der Waals surface area contributed by atoms with Crippen molar-refractivity contribution in [3.63, 3.8) is 0 Å². The molecule has 0 saturated carbocycles. The molecule has 1 fully saturated rings. The van der Waals surface area contributed by atoms with E-state index in [9.17, 15) is 4.79 Å². The number of likely N-dealkylation sites (N-methyl/N-ethyl adjacent to an activating group) is 1. The summed E-state index contributed by atoms with van der Waals surface area (Å²) in [6, 6.07) is 10.0. The molecule has 110 valence electrons. The van der Waals surface area contributed by atoms with Gasteiger partial charge in [-0.3, -0.25) is 9.69 Å². The van der Waals surface area contributed by atoms with Gasteiger partial charge in [-0.2, -0.15) is 0 Å². The second-order valence-corrected chi connectivity index (χ2v) is 5.84. The van der Waals surface area contributed by atoms with Gasteiger partial charge < -0.3 is 9.64 Å². The molecule has 4 nitrogen and oxygen atoms in total. The summed E-state index contributed by atoms with van der Waals surface area (Å²) in [5.74, 6) is 0.167. The maximum absolute atomic E-state index is 12.5. The molecule has 0 radical (unpaired) electrons. The second kappa shape index (κ2) is 5.94. The zero-order chi connectivity index (χ0) is 14.8. The number of nitrogens with zero attached hydrogens (tertiary/aromatic N) is 2. The molecule has 1 heterocycles. The van der Waals surface area contributed by atoms with E-state index >= 15 is 0 Å². The van der Waals surface area contributed by atoms with E-state index in [1.807, 2.05) is 49.0 Å². The largest absolute Gasteiger partial charge is 0.367 e. The summed E-state index contributed by atoms with van der Waals surface area (Å²) < 4.78 is 5.96. The molecule has 1 aromatic rings. The van der Waals surface area contributed by atoms with Crippen LogP contribution in [0.3, 0.4) is 0 Å². The maximum atomic E-state index is 12.5. The summed E-state index contributed by atoms with van der Waals surface area (Å²) in [4.78, 5) is 16.3. The van der Waals surface area contributed by atoms with Gasteiger partial charge in [0.05, 0.1) is 19.2 Å². The zero-order valence-corrected chi connectivity index (χ0v) is 12.8. The van der Waals surface area contributed by atoms with E-state index in [-0.39, 0.29) is 11.9 Å². The van der Waals surface area contributed by atoms with Gasteiger partial charge in [-0.05, 0) is 33.5 Å². The molecule has 0 bridgehead atoms. The van der Waals surface area contributed by atoms with E-state index < -0.39 is 5.60 Å². The van der Waals surface area contributed by atoms with Crippen LogP contribution in [-0.4, -0.2) is 55.5 Å². The first kappa shape index (κ1) is 15.0. The van der Waals surface area contributed by atoms with Gasteiger partial charge in [0.15, 0.2) is 0 Å². The van der Waals surface area contributed by atoms with Gasteiger partial charge in [0.1, 0.15) is 5.60 Å². The number of ether oxygens (including phenoxy) is 1. The summed E-state index contributed by atoms with van der Waals surface area (Å²) in [6.45, 7) is 5.85. The van der Waals surface area contributed by atoms with E-state index in [2.05, 4.69) is 19.1 Å². The highest BCUT2D eigenvalue weighted by atomic mass is 16.5. The predicted octanol–water partition coefficient (Wildman–Crippen LogP) is 1.71. The van der Waals surface area contributed by atoms with Crippen LogP contribution in [0.15, 0.2) is 30.3 Å². The number of hydrogen-bond acceptors (Lipinski definition) is 3. The van der Waals surface area contributed by atoms with Crippen molar-refractivity contribution in [1.29, 1.82) is 0 Å². The molecular formula is C16H24N2O2. The lowest BCUT2D eigenvalue weighted by atomic mass is 9.93. The Balaban J connectivity index is 2.14. The number of carbonyl (C=O) groups excluding carboxylic acids is 1. The van der Waals surface area contributed by atoms with Gasteiger partial charge in [0.25, 0.3) is 0 Å². The van der Waals surface area contributed by atoms with Gasteiger partial charge in [-0.25, -0.2) is 0 Å². The number of morpholine rings is 1. The van der Waals surface area contributed by atoms with Crippen LogP contribution in [0.5, 0.6) is 0 Å². The van der Waals surface area contributed by atoms with E-state index in [0.29, 0.717) is 19.7 Å². The Morgan fingerprint density at radius 3 is 2.60 bits per heavy atom. The van der Waals surface area contributed by atoms with E-state index in [1.54, 1.807) is 0 Å². The van der Waals surface area contributed by atoms with Gasteiger partial charge in [0.2, 0.25) is 5.91 Å².